The highest BCUT2D eigenvalue weighted by Crippen LogP contribution is 2.25. The number of benzene rings is 2. The Morgan fingerprint density at radius 2 is 1.83 bits per heavy atom. The molecular formula is C20H19ClN2O4S2. The number of hydrogen-bond donors (Lipinski definition) is 1. The number of amides is 1. The van der Waals surface area contributed by atoms with Gasteiger partial charge in [-0.25, -0.2) is 8.42 Å². The van der Waals surface area contributed by atoms with Gasteiger partial charge in [-0.3, -0.25) is 9.10 Å². The lowest BCUT2D eigenvalue weighted by Crippen LogP contribution is -2.28. The maximum absolute atomic E-state index is 12.6. The van der Waals surface area contributed by atoms with E-state index in [1.165, 1.54) is 11.4 Å². The average Bonchev–Trinajstić information content (AvgIpc) is 3.27. The zero-order chi connectivity index (χ0) is 20.9. The highest BCUT2D eigenvalue weighted by molar-refractivity contribution is 7.94. The number of nitrogens with one attached hydrogen (secondary N) is 1. The van der Waals surface area contributed by atoms with Crippen LogP contribution in [0.2, 0.25) is 5.02 Å². The van der Waals surface area contributed by atoms with Crippen molar-refractivity contribution in [2.45, 2.75) is 4.21 Å². The van der Waals surface area contributed by atoms with Crippen LogP contribution in [0.15, 0.2) is 70.3 Å². The van der Waals surface area contributed by atoms with Gasteiger partial charge < -0.3 is 10.1 Å². The monoisotopic (exact) mass is 450 g/mol. The predicted molar refractivity (Wildman–Crippen MR) is 116 cm³/mol. The van der Waals surface area contributed by atoms with Gasteiger partial charge in [-0.1, -0.05) is 29.8 Å². The van der Waals surface area contributed by atoms with Crippen LogP contribution in [0, 0.1) is 0 Å². The van der Waals surface area contributed by atoms with Crippen LogP contribution in [0.5, 0.6) is 5.75 Å². The number of nitrogens with zero attached hydrogens (tertiary/aromatic N) is 1. The van der Waals surface area contributed by atoms with Gasteiger partial charge in [-0.05, 0) is 47.8 Å². The van der Waals surface area contributed by atoms with Crippen LogP contribution in [0.4, 0.5) is 5.69 Å². The molecule has 0 unspecified atom stereocenters. The molecule has 0 atom stereocenters. The number of anilines is 1. The third kappa shape index (κ3) is 5.09. The number of hydrogen-bond acceptors (Lipinski definition) is 5. The minimum atomic E-state index is -3.61. The summed E-state index contributed by atoms with van der Waals surface area (Å²) in [6.07, 6.45) is 0. The Hall–Kier alpha value is -2.55. The second-order valence-electron chi connectivity index (χ2n) is 5.99. The maximum Gasteiger partial charge on any atom is 0.273 e. The number of rotatable bonds is 8. The summed E-state index contributed by atoms with van der Waals surface area (Å²) in [7, 11) is -2.12. The standard InChI is InChI=1S/C20H19ClN2O4S2/c1-23(29(25,26)19-7-4-14-28-19)16-10-8-15(9-11-16)20(24)22-12-13-27-18-6-3-2-5-17(18)21/h2-11,14H,12-13H2,1H3,(H,22,24). The number of para-hydroxylation sites is 1. The Bertz CT molecular complexity index is 1070. The fourth-order valence-corrected chi connectivity index (χ4v) is 5.04. The van der Waals surface area contributed by atoms with E-state index in [0.717, 1.165) is 11.3 Å². The first kappa shape index (κ1) is 21.2. The van der Waals surface area contributed by atoms with Gasteiger partial charge in [0, 0.05) is 12.6 Å². The second kappa shape index (κ2) is 9.30. The van der Waals surface area contributed by atoms with Gasteiger partial charge in [0.1, 0.15) is 16.6 Å². The van der Waals surface area contributed by atoms with Gasteiger partial charge in [0.25, 0.3) is 15.9 Å². The molecule has 0 saturated heterocycles. The SMILES string of the molecule is CN(c1ccc(C(=O)NCCOc2ccccc2Cl)cc1)S(=O)(=O)c1cccs1. The lowest BCUT2D eigenvalue weighted by Gasteiger charge is -2.18. The molecule has 9 heteroatoms. The Morgan fingerprint density at radius 3 is 2.48 bits per heavy atom. The molecular weight excluding hydrogens is 432 g/mol. The van der Waals surface area contributed by atoms with Crippen LogP contribution >= 0.6 is 22.9 Å². The summed E-state index contributed by atoms with van der Waals surface area (Å²) in [4.78, 5) is 12.3. The van der Waals surface area contributed by atoms with Crippen molar-refractivity contribution in [1.29, 1.82) is 0 Å². The number of thiophene rings is 1. The number of sulfonamides is 1. The van der Waals surface area contributed by atoms with E-state index in [0.29, 0.717) is 28.6 Å². The lowest BCUT2D eigenvalue weighted by molar-refractivity contribution is 0.0947. The molecule has 3 rings (SSSR count). The third-order valence-electron chi connectivity index (χ3n) is 4.08. The Kier molecular flexibility index (Phi) is 6.79. The largest absolute Gasteiger partial charge is 0.490 e. The second-order valence-corrected chi connectivity index (χ2v) is 9.54. The van der Waals surface area contributed by atoms with E-state index >= 15 is 0 Å². The van der Waals surface area contributed by atoms with Crippen molar-refractivity contribution in [3.05, 3.63) is 76.6 Å². The molecule has 0 bridgehead atoms. The molecule has 0 radical (unpaired) electrons. The summed E-state index contributed by atoms with van der Waals surface area (Å²) >= 11 is 7.17. The quantitative estimate of drug-likeness (QED) is 0.525. The Labute approximate surface area is 178 Å². The van der Waals surface area contributed by atoms with E-state index in [2.05, 4.69) is 5.32 Å². The van der Waals surface area contributed by atoms with Crippen molar-refractivity contribution >= 4 is 44.6 Å². The minimum Gasteiger partial charge on any atom is -0.490 e. The van der Waals surface area contributed by atoms with Gasteiger partial charge in [0.05, 0.1) is 17.3 Å². The molecule has 3 aromatic rings. The van der Waals surface area contributed by atoms with Crippen molar-refractivity contribution < 1.29 is 17.9 Å². The zero-order valence-electron chi connectivity index (χ0n) is 15.5. The van der Waals surface area contributed by atoms with E-state index in [-0.39, 0.29) is 16.7 Å². The first-order valence-corrected chi connectivity index (χ1v) is 11.4. The van der Waals surface area contributed by atoms with Gasteiger partial charge in [-0.2, -0.15) is 0 Å². The minimum absolute atomic E-state index is 0.264. The Morgan fingerprint density at radius 1 is 1.10 bits per heavy atom. The molecule has 29 heavy (non-hydrogen) atoms. The third-order valence-corrected chi connectivity index (χ3v) is 7.56. The van der Waals surface area contributed by atoms with E-state index in [4.69, 9.17) is 16.3 Å². The molecule has 1 amide bonds. The zero-order valence-corrected chi connectivity index (χ0v) is 17.9. The van der Waals surface area contributed by atoms with Gasteiger partial charge in [-0.15, -0.1) is 11.3 Å². The fraction of sp³-hybridized carbons (Fsp3) is 0.150. The Balaban J connectivity index is 1.55. The first-order chi connectivity index (χ1) is 13.9. The summed E-state index contributed by atoms with van der Waals surface area (Å²) in [5, 5.41) is 4.97. The molecule has 0 saturated carbocycles. The smallest absolute Gasteiger partial charge is 0.273 e. The highest BCUT2D eigenvalue weighted by atomic mass is 35.5. The molecule has 0 aliphatic carbocycles. The van der Waals surface area contributed by atoms with Gasteiger partial charge in [0.15, 0.2) is 0 Å². The van der Waals surface area contributed by atoms with E-state index in [9.17, 15) is 13.2 Å². The summed E-state index contributed by atoms with van der Waals surface area (Å²) in [5.41, 5.74) is 0.894. The molecule has 0 spiro atoms. The number of carbonyl (C=O) groups excluding carboxylic acids is 1. The van der Waals surface area contributed by atoms with Crippen molar-refractivity contribution in [1.82, 2.24) is 5.32 Å². The van der Waals surface area contributed by atoms with Crippen LogP contribution in [0.25, 0.3) is 0 Å². The topological polar surface area (TPSA) is 75.7 Å². The van der Waals surface area contributed by atoms with Crippen LogP contribution in [-0.4, -0.2) is 34.5 Å². The molecule has 0 aliphatic heterocycles. The van der Waals surface area contributed by atoms with Gasteiger partial charge in [0.2, 0.25) is 0 Å². The van der Waals surface area contributed by atoms with Crippen molar-refractivity contribution in [3.8, 4) is 5.75 Å². The number of carbonyl (C=O) groups is 1. The van der Waals surface area contributed by atoms with Crippen LogP contribution < -0.4 is 14.4 Å². The predicted octanol–water partition coefficient (Wildman–Crippen LogP) is 4.04. The van der Waals surface area contributed by atoms with Crippen molar-refractivity contribution in [2.24, 2.45) is 0 Å². The van der Waals surface area contributed by atoms with E-state index < -0.39 is 10.0 Å². The maximum atomic E-state index is 12.6. The highest BCUT2D eigenvalue weighted by Gasteiger charge is 2.22. The van der Waals surface area contributed by atoms with Crippen LogP contribution in [0.3, 0.4) is 0 Å². The molecule has 0 aliphatic rings. The lowest BCUT2D eigenvalue weighted by atomic mass is 10.2. The summed E-state index contributed by atoms with van der Waals surface area (Å²) in [6.45, 7) is 0.577. The molecule has 1 heterocycles. The number of ether oxygens (including phenoxy) is 1. The summed E-state index contributed by atoms with van der Waals surface area (Å²) in [5.74, 6) is 0.283. The van der Waals surface area contributed by atoms with Crippen LogP contribution in [0.1, 0.15) is 10.4 Å². The van der Waals surface area contributed by atoms with E-state index in [1.807, 2.05) is 12.1 Å². The van der Waals surface area contributed by atoms with Crippen molar-refractivity contribution in [3.63, 3.8) is 0 Å². The molecule has 2 aromatic carbocycles. The molecule has 6 nitrogen and oxygen atoms in total. The fourth-order valence-electron chi connectivity index (χ4n) is 2.50. The van der Waals surface area contributed by atoms with E-state index in [1.54, 1.807) is 53.9 Å². The molecule has 1 N–H and O–H groups in total. The van der Waals surface area contributed by atoms with Crippen LogP contribution in [-0.2, 0) is 10.0 Å². The number of halogens is 1. The first-order valence-electron chi connectivity index (χ1n) is 8.67. The molecule has 0 fully saturated rings. The molecule has 152 valence electrons. The average molecular weight is 451 g/mol. The van der Waals surface area contributed by atoms with Gasteiger partial charge >= 0.3 is 0 Å². The van der Waals surface area contributed by atoms with Crippen molar-refractivity contribution in [2.75, 3.05) is 24.5 Å². The normalized spacial score (nSPS) is 11.1. The summed E-state index contributed by atoms with van der Waals surface area (Å²) < 4.78 is 32.1. The summed E-state index contributed by atoms with van der Waals surface area (Å²) in [6, 6.07) is 16.7. The molecule has 1 aromatic heterocycles.